The second-order valence-electron chi connectivity index (χ2n) is 4.56. The van der Waals surface area contributed by atoms with Crippen LogP contribution < -0.4 is 5.32 Å². The molecule has 0 aliphatic heterocycles. The predicted octanol–water partition coefficient (Wildman–Crippen LogP) is 2.83. The van der Waals surface area contributed by atoms with E-state index in [-0.39, 0.29) is 5.91 Å². The van der Waals surface area contributed by atoms with Gasteiger partial charge in [-0.1, -0.05) is 26.0 Å². The Bertz CT molecular complexity index is 380. The van der Waals surface area contributed by atoms with Crippen LogP contribution in [-0.2, 0) is 10.6 Å². The van der Waals surface area contributed by atoms with Gasteiger partial charge in [0, 0.05) is 24.6 Å². The summed E-state index contributed by atoms with van der Waals surface area (Å²) in [5.74, 6) is 0.842. The van der Waals surface area contributed by atoms with Gasteiger partial charge in [0.05, 0.1) is 6.61 Å². The second kappa shape index (κ2) is 8.11. The van der Waals surface area contributed by atoms with Gasteiger partial charge in [-0.05, 0) is 23.6 Å². The highest BCUT2D eigenvalue weighted by molar-refractivity contribution is 6.17. The van der Waals surface area contributed by atoms with E-state index in [1.165, 1.54) is 0 Å². The number of alkyl halides is 1. The fourth-order valence-corrected chi connectivity index (χ4v) is 1.62. The van der Waals surface area contributed by atoms with Crippen molar-refractivity contribution < 1.29 is 9.53 Å². The third-order valence-electron chi connectivity index (χ3n) is 2.33. The number of rotatable bonds is 7. The van der Waals surface area contributed by atoms with Gasteiger partial charge >= 0.3 is 0 Å². The maximum Gasteiger partial charge on any atom is 0.251 e. The molecule has 0 saturated carbocycles. The smallest absolute Gasteiger partial charge is 0.251 e. The molecule has 0 radical (unpaired) electrons. The number of hydrogen-bond donors (Lipinski definition) is 1. The topological polar surface area (TPSA) is 38.3 Å². The normalized spacial score (nSPS) is 10.7. The zero-order valence-electron chi connectivity index (χ0n) is 10.9. The molecule has 4 heteroatoms. The van der Waals surface area contributed by atoms with Gasteiger partial charge in [0.25, 0.3) is 5.91 Å². The minimum absolute atomic E-state index is 0.0879. The summed E-state index contributed by atoms with van der Waals surface area (Å²) >= 11 is 5.73. The first kappa shape index (κ1) is 15.0. The number of ether oxygens (including phenoxy) is 1. The molecule has 0 aromatic heterocycles. The third-order valence-corrected chi connectivity index (χ3v) is 2.64. The maximum absolute atomic E-state index is 11.8. The summed E-state index contributed by atoms with van der Waals surface area (Å²) in [5.41, 5.74) is 1.58. The van der Waals surface area contributed by atoms with Crippen LogP contribution in [0.25, 0.3) is 0 Å². The summed E-state index contributed by atoms with van der Waals surface area (Å²) in [6.07, 6.45) is 0. The summed E-state index contributed by atoms with van der Waals surface area (Å²) in [4.78, 5) is 11.8. The van der Waals surface area contributed by atoms with Crippen LogP contribution in [0.2, 0.25) is 0 Å². The van der Waals surface area contributed by atoms with Gasteiger partial charge in [0.1, 0.15) is 0 Å². The van der Waals surface area contributed by atoms with E-state index in [1.54, 1.807) is 12.1 Å². The van der Waals surface area contributed by atoms with Gasteiger partial charge in [-0.3, -0.25) is 4.79 Å². The first-order chi connectivity index (χ1) is 8.63. The summed E-state index contributed by atoms with van der Waals surface area (Å²) in [7, 11) is 0. The van der Waals surface area contributed by atoms with Crippen molar-refractivity contribution in [2.75, 3.05) is 19.8 Å². The molecule has 100 valence electrons. The molecular weight excluding hydrogens is 250 g/mol. The van der Waals surface area contributed by atoms with Crippen LogP contribution in [-0.4, -0.2) is 25.7 Å². The third kappa shape index (κ3) is 5.52. The van der Waals surface area contributed by atoms with Crippen molar-refractivity contribution in [3.8, 4) is 0 Å². The Morgan fingerprint density at radius 1 is 1.44 bits per heavy atom. The molecule has 0 aliphatic carbocycles. The molecule has 3 nitrogen and oxygen atoms in total. The van der Waals surface area contributed by atoms with Crippen LogP contribution >= 0.6 is 11.6 Å². The lowest BCUT2D eigenvalue weighted by atomic mass is 10.1. The average Bonchev–Trinajstić information content (AvgIpc) is 2.37. The monoisotopic (exact) mass is 269 g/mol. The Balaban J connectivity index is 2.31. The highest BCUT2D eigenvalue weighted by atomic mass is 35.5. The van der Waals surface area contributed by atoms with Crippen molar-refractivity contribution >= 4 is 17.5 Å². The van der Waals surface area contributed by atoms with Crippen LogP contribution in [0.1, 0.15) is 29.8 Å². The van der Waals surface area contributed by atoms with Crippen molar-refractivity contribution in [3.05, 3.63) is 35.4 Å². The summed E-state index contributed by atoms with van der Waals surface area (Å²) in [6, 6.07) is 7.31. The molecule has 1 amide bonds. The molecule has 0 fully saturated rings. The van der Waals surface area contributed by atoms with Crippen LogP contribution in [0.5, 0.6) is 0 Å². The minimum Gasteiger partial charge on any atom is -0.379 e. The molecule has 0 aliphatic rings. The Morgan fingerprint density at radius 2 is 2.22 bits per heavy atom. The Labute approximate surface area is 113 Å². The van der Waals surface area contributed by atoms with Crippen LogP contribution in [0.4, 0.5) is 0 Å². The minimum atomic E-state index is -0.0879. The summed E-state index contributed by atoms with van der Waals surface area (Å²) < 4.78 is 5.39. The van der Waals surface area contributed by atoms with Gasteiger partial charge in [-0.25, -0.2) is 0 Å². The number of hydrogen-bond acceptors (Lipinski definition) is 2. The Morgan fingerprint density at radius 3 is 2.89 bits per heavy atom. The molecule has 0 bridgehead atoms. The molecule has 0 atom stereocenters. The lowest BCUT2D eigenvalue weighted by Crippen LogP contribution is -2.27. The molecule has 0 spiro atoms. The predicted molar refractivity (Wildman–Crippen MR) is 74.0 cm³/mol. The van der Waals surface area contributed by atoms with E-state index < -0.39 is 0 Å². The number of benzene rings is 1. The SMILES string of the molecule is CC(C)COCCNC(=O)c1cccc(CCl)c1. The largest absolute Gasteiger partial charge is 0.379 e. The lowest BCUT2D eigenvalue weighted by molar-refractivity contribution is 0.0886. The number of amides is 1. The average molecular weight is 270 g/mol. The van der Waals surface area contributed by atoms with E-state index in [2.05, 4.69) is 19.2 Å². The number of carbonyl (C=O) groups is 1. The van der Waals surface area contributed by atoms with Crippen molar-refractivity contribution in [3.63, 3.8) is 0 Å². The van der Waals surface area contributed by atoms with Crippen molar-refractivity contribution in [2.24, 2.45) is 5.92 Å². The van der Waals surface area contributed by atoms with Gasteiger partial charge in [-0.2, -0.15) is 0 Å². The molecule has 1 aromatic carbocycles. The fraction of sp³-hybridized carbons (Fsp3) is 0.500. The van der Waals surface area contributed by atoms with E-state index in [4.69, 9.17) is 16.3 Å². The molecule has 1 aromatic rings. The Hall–Kier alpha value is -1.06. The van der Waals surface area contributed by atoms with Gasteiger partial charge in [0.2, 0.25) is 0 Å². The molecule has 0 saturated heterocycles. The van der Waals surface area contributed by atoms with Crippen LogP contribution in [0, 0.1) is 5.92 Å². The maximum atomic E-state index is 11.8. The molecule has 0 unspecified atom stereocenters. The number of nitrogens with one attached hydrogen (secondary N) is 1. The van der Waals surface area contributed by atoms with E-state index in [0.717, 1.165) is 12.2 Å². The first-order valence-electron chi connectivity index (χ1n) is 6.14. The van der Waals surface area contributed by atoms with E-state index in [1.807, 2.05) is 12.1 Å². The van der Waals surface area contributed by atoms with Crippen LogP contribution in [0.3, 0.4) is 0 Å². The summed E-state index contributed by atoms with van der Waals surface area (Å²) in [5, 5.41) is 2.82. The first-order valence-corrected chi connectivity index (χ1v) is 6.67. The van der Waals surface area contributed by atoms with Gasteiger partial charge in [0.15, 0.2) is 0 Å². The molecular formula is C14H20ClNO2. The fourth-order valence-electron chi connectivity index (χ4n) is 1.45. The lowest BCUT2D eigenvalue weighted by Gasteiger charge is -2.08. The standard InChI is InChI=1S/C14H20ClNO2/c1-11(2)10-18-7-6-16-14(17)13-5-3-4-12(8-13)9-15/h3-5,8,11H,6-7,9-10H2,1-2H3,(H,16,17). The van der Waals surface area contributed by atoms with Gasteiger partial charge in [-0.15, -0.1) is 11.6 Å². The number of halogens is 1. The molecule has 0 heterocycles. The highest BCUT2D eigenvalue weighted by Gasteiger charge is 2.05. The highest BCUT2D eigenvalue weighted by Crippen LogP contribution is 2.07. The van der Waals surface area contributed by atoms with Crippen molar-refractivity contribution in [2.45, 2.75) is 19.7 Å². The summed E-state index contributed by atoms with van der Waals surface area (Å²) in [6.45, 7) is 5.97. The van der Waals surface area contributed by atoms with Crippen molar-refractivity contribution in [1.29, 1.82) is 0 Å². The van der Waals surface area contributed by atoms with E-state index in [0.29, 0.717) is 30.5 Å². The van der Waals surface area contributed by atoms with Gasteiger partial charge < -0.3 is 10.1 Å². The Kier molecular flexibility index (Phi) is 6.76. The molecule has 18 heavy (non-hydrogen) atoms. The van der Waals surface area contributed by atoms with E-state index in [9.17, 15) is 4.79 Å². The van der Waals surface area contributed by atoms with E-state index >= 15 is 0 Å². The number of carbonyl (C=O) groups excluding carboxylic acids is 1. The quantitative estimate of drug-likeness (QED) is 0.611. The second-order valence-corrected chi connectivity index (χ2v) is 4.83. The van der Waals surface area contributed by atoms with Crippen molar-refractivity contribution in [1.82, 2.24) is 5.32 Å². The van der Waals surface area contributed by atoms with Crippen LogP contribution in [0.15, 0.2) is 24.3 Å². The molecule has 1 rings (SSSR count). The zero-order chi connectivity index (χ0) is 13.4. The molecule has 1 N–H and O–H groups in total. The zero-order valence-corrected chi connectivity index (χ0v) is 11.7.